The van der Waals surface area contributed by atoms with Crippen molar-refractivity contribution in [1.29, 1.82) is 0 Å². The van der Waals surface area contributed by atoms with Gasteiger partial charge in [0, 0.05) is 0 Å². The summed E-state index contributed by atoms with van der Waals surface area (Å²) in [6, 6.07) is 29.2. The van der Waals surface area contributed by atoms with E-state index in [0.29, 0.717) is 17.3 Å². The summed E-state index contributed by atoms with van der Waals surface area (Å²) >= 11 is 12.3. The molecule has 0 aromatic heterocycles. The van der Waals surface area contributed by atoms with Crippen LogP contribution in [0.5, 0.6) is 0 Å². The third-order valence-corrected chi connectivity index (χ3v) is 14.8. The van der Waals surface area contributed by atoms with E-state index in [-0.39, 0.29) is 46.5 Å². The Morgan fingerprint density at radius 2 is 1.36 bits per heavy atom. The Labute approximate surface area is 391 Å². The van der Waals surface area contributed by atoms with Crippen molar-refractivity contribution in [3.63, 3.8) is 0 Å². The normalized spacial score (nSPS) is 23.3. The summed E-state index contributed by atoms with van der Waals surface area (Å²) in [5.74, 6) is 2.81. The molecule has 5 aliphatic carbocycles. The van der Waals surface area contributed by atoms with Crippen molar-refractivity contribution < 1.29 is 24.2 Å². The molecule has 3 unspecified atom stereocenters. The molecule has 0 saturated heterocycles. The molecule has 0 aliphatic heterocycles. The summed E-state index contributed by atoms with van der Waals surface area (Å²) in [6.07, 6.45) is 17.5. The fourth-order valence-electron chi connectivity index (χ4n) is 9.51. The maximum absolute atomic E-state index is 5.52. The molecular formula is C53H66Cl4Zr-4. The van der Waals surface area contributed by atoms with Gasteiger partial charge in [0.2, 0.25) is 0 Å². The van der Waals surface area contributed by atoms with Gasteiger partial charge in [0.05, 0.1) is 0 Å². The Kier molecular flexibility index (Phi) is 19.2. The van der Waals surface area contributed by atoms with Gasteiger partial charge >= 0.3 is 28.4 Å². The second kappa shape index (κ2) is 21.3. The predicted molar refractivity (Wildman–Crippen MR) is 256 cm³/mol. The van der Waals surface area contributed by atoms with Gasteiger partial charge in [-0.3, -0.25) is 6.08 Å². The standard InChI is InChI=1S/C29H37.C11H17.2C6H4Cl.CH2.2ClH.Zr/c1-18-25-22-17-19-13-9-10-14-20(19)24(22)21-15-11-12-16-23(21)29(25,8)28(6,7)27(4,5)26(18,2)3;1-5-9-6-7-10(8-9)11(2,3)4;2*7-6-4-2-1-3-5-6;;;;/h9-11,13-15,23H,12,16-17H2,1-8H3;7-9H,5H2,1-4H3;2*2-5H;1H2;2*1H;/q4*-1;;;;. The van der Waals surface area contributed by atoms with Crippen molar-refractivity contribution in [2.75, 3.05) is 0 Å². The third-order valence-electron chi connectivity index (χ3n) is 14.3. The first-order valence-corrected chi connectivity index (χ1v) is 22.8. The molecule has 3 atom stereocenters. The molecule has 1 saturated carbocycles. The van der Waals surface area contributed by atoms with Gasteiger partial charge in [0.15, 0.2) is 0 Å². The van der Waals surface area contributed by atoms with E-state index in [1.165, 1.54) is 60.2 Å². The van der Waals surface area contributed by atoms with E-state index in [1.54, 1.807) is 76.7 Å². The Balaban J connectivity index is 0.000000327. The van der Waals surface area contributed by atoms with E-state index in [0.717, 1.165) is 16.5 Å². The second-order valence-electron chi connectivity index (χ2n) is 18.4. The third kappa shape index (κ3) is 10.2. The van der Waals surface area contributed by atoms with Crippen molar-refractivity contribution >= 4 is 57.8 Å². The van der Waals surface area contributed by atoms with Gasteiger partial charge in [-0.2, -0.15) is 83.5 Å². The van der Waals surface area contributed by atoms with Gasteiger partial charge in [-0.05, 0) is 40.6 Å². The quantitative estimate of drug-likeness (QED) is 0.213. The van der Waals surface area contributed by atoms with Crippen LogP contribution in [0.2, 0.25) is 10.0 Å². The fourth-order valence-corrected chi connectivity index (χ4v) is 9.77. The molecule has 314 valence electrons. The zero-order valence-electron chi connectivity index (χ0n) is 37.0. The van der Waals surface area contributed by atoms with Gasteiger partial charge in [0.1, 0.15) is 0 Å². The number of rotatable bonds is 1. The summed E-state index contributed by atoms with van der Waals surface area (Å²) in [5, 5.41) is 1.53. The van der Waals surface area contributed by atoms with Crippen molar-refractivity contribution in [2.45, 2.75) is 109 Å². The number of allylic oxidation sites excluding steroid dienone is 10. The van der Waals surface area contributed by atoms with Crippen LogP contribution in [0.1, 0.15) is 113 Å². The first-order chi connectivity index (χ1) is 26.3. The monoisotopic (exact) mass is 932 g/mol. The van der Waals surface area contributed by atoms with Gasteiger partial charge in [0.25, 0.3) is 0 Å². The predicted octanol–water partition coefficient (Wildman–Crippen LogP) is 16.4. The van der Waals surface area contributed by atoms with Crippen LogP contribution in [-0.4, -0.2) is 4.21 Å². The van der Waals surface area contributed by atoms with Crippen LogP contribution >= 0.6 is 48.0 Å². The SMILES string of the molecule is CCC1[C-]=CC(C(C)(C)C)=C1.C[C-]1C2=C3Cc4ccccc4C3=C3C=CCCC3C2(C)C(C)(C)C(C)(C)C1(C)C.Cl.Cl.Clc1cc[c-]cc1.Clc1cc[c-]cc1.[CH2]=[Zr]. The van der Waals surface area contributed by atoms with Crippen LogP contribution in [0.3, 0.4) is 0 Å². The molecule has 5 heteroatoms. The average Bonchev–Trinajstić information content (AvgIpc) is 3.83. The number of hydrogen-bond acceptors (Lipinski definition) is 0. The molecule has 8 rings (SSSR count). The average molecular weight is 936 g/mol. The number of benzene rings is 3. The van der Waals surface area contributed by atoms with Crippen LogP contribution in [0.4, 0.5) is 0 Å². The molecule has 1 fully saturated rings. The van der Waals surface area contributed by atoms with E-state index in [1.807, 2.05) is 0 Å². The van der Waals surface area contributed by atoms with Gasteiger partial charge in [-0.15, -0.1) is 54.9 Å². The zero-order valence-corrected chi connectivity index (χ0v) is 42.6. The molecular weight excluding hydrogens is 870 g/mol. The van der Waals surface area contributed by atoms with Crippen LogP contribution in [0.25, 0.3) is 5.57 Å². The Morgan fingerprint density at radius 3 is 1.81 bits per heavy atom. The number of halogens is 4. The van der Waals surface area contributed by atoms with Crippen LogP contribution in [0, 0.1) is 63.0 Å². The van der Waals surface area contributed by atoms with Crippen molar-refractivity contribution in [2.24, 2.45) is 38.9 Å². The molecule has 0 amide bonds. The molecule has 0 heterocycles. The van der Waals surface area contributed by atoms with Crippen LogP contribution in [-0.2, 0) is 30.7 Å². The van der Waals surface area contributed by atoms with Gasteiger partial charge in [-0.25, -0.2) is 12.0 Å². The van der Waals surface area contributed by atoms with E-state index in [2.05, 4.69) is 154 Å². The number of fused-ring (bicyclic) bond motifs is 6. The molecule has 0 N–H and O–H groups in total. The summed E-state index contributed by atoms with van der Waals surface area (Å²) in [7, 11) is 0. The number of hydrogen-bond donors (Lipinski definition) is 0. The Morgan fingerprint density at radius 1 is 0.828 bits per heavy atom. The molecule has 0 bridgehead atoms. The first-order valence-electron chi connectivity index (χ1n) is 20.3. The van der Waals surface area contributed by atoms with Crippen molar-refractivity contribution in [3.05, 3.63) is 165 Å². The topological polar surface area (TPSA) is 0 Å². The minimum absolute atomic E-state index is 0. The van der Waals surface area contributed by atoms with E-state index >= 15 is 0 Å². The molecule has 5 aliphatic rings. The summed E-state index contributed by atoms with van der Waals surface area (Å²) in [6.45, 7) is 29.2. The molecule has 3 aromatic rings. The molecule has 0 nitrogen and oxygen atoms in total. The summed E-state index contributed by atoms with van der Waals surface area (Å²) in [5.41, 5.74) is 12.0. The molecule has 0 spiro atoms. The van der Waals surface area contributed by atoms with Crippen molar-refractivity contribution in [3.8, 4) is 0 Å². The molecule has 3 aromatic carbocycles. The minimum atomic E-state index is 0. The van der Waals surface area contributed by atoms with Crippen LogP contribution in [0.15, 0.2) is 119 Å². The van der Waals surface area contributed by atoms with E-state index in [4.69, 9.17) is 23.2 Å². The Hall–Kier alpha value is -1.86. The van der Waals surface area contributed by atoms with Gasteiger partial charge in [-0.1, -0.05) is 169 Å². The Bertz CT molecular complexity index is 1920. The molecule has 58 heavy (non-hydrogen) atoms. The van der Waals surface area contributed by atoms with Crippen molar-refractivity contribution in [1.82, 2.24) is 0 Å². The summed E-state index contributed by atoms with van der Waals surface area (Å²) in [4.78, 5) is 0. The van der Waals surface area contributed by atoms with E-state index < -0.39 is 0 Å². The fraction of sp³-hybridized carbons (Fsp3) is 0.434. The first kappa shape index (κ1) is 52.3. The van der Waals surface area contributed by atoms with Crippen LogP contribution < -0.4 is 0 Å². The van der Waals surface area contributed by atoms with Gasteiger partial charge < -0.3 is 0 Å². The maximum atomic E-state index is 5.52. The summed E-state index contributed by atoms with van der Waals surface area (Å²) < 4.78 is 3.34. The van der Waals surface area contributed by atoms with E-state index in [9.17, 15) is 0 Å². The zero-order chi connectivity index (χ0) is 41.7. The molecule has 0 radical (unpaired) electrons. The second-order valence-corrected chi connectivity index (χ2v) is 19.3.